The lowest BCUT2D eigenvalue weighted by molar-refractivity contribution is 0.277. The molecule has 0 spiro atoms. The first kappa shape index (κ1) is 14.2. The van der Waals surface area contributed by atoms with Gasteiger partial charge in [0.05, 0.1) is 22.3 Å². The van der Waals surface area contributed by atoms with E-state index in [1.165, 1.54) is 30.5 Å². The molecule has 2 aromatic rings. The van der Waals surface area contributed by atoms with E-state index in [1.54, 1.807) is 0 Å². The quantitative estimate of drug-likeness (QED) is 0.809. The van der Waals surface area contributed by atoms with Crippen LogP contribution in [-0.4, -0.2) is 18.5 Å². The van der Waals surface area contributed by atoms with Crippen molar-refractivity contribution in [3.05, 3.63) is 46.2 Å². The topological polar surface area (TPSA) is 82.2 Å². The third-order valence-electron chi connectivity index (χ3n) is 2.37. The largest absolute Gasteiger partial charge is 0.390 e. The fraction of sp³-hybridized carbons (Fsp3) is 0.0909. The molecule has 102 valence electrons. The molecule has 8 heteroatoms. The maximum absolute atomic E-state index is 12.0. The molecule has 0 aliphatic carbocycles. The summed E-state index contributed by atoms with van der Waals surface area (Å²) in [5.74, 6) is 0. The number of sulfonamides is 1. The Morgan fingerprint density at radius 1 is 1.21 bits per heavy atom. The molecule has 0 amide bonds. The number of hydrogen-bond donors (Lipinski definition) is 3. The molecular weight excluding hydrogens is 311 g/mol. The standard InChI is InChI=1S/C11H10Cl2N2O3S/c12-10-2-1-7(4-11(10)13)15-19(17,18)9-3-8(6-16)14-5-9/h1-5,14-16H,6H2. The minimum absolute atomic E-state index is 0.0302. The molecule has 2 rings (SSSR count). The molecule has 0 saturated heterocycles. The summed E-state index contributed by atoms with van der Waals surface area (Å²) in [6.45, 7) is -0.262. The Morgan fingerprint density at radius 3 is 2.53 bits per heavy atom. The van der Waals surface area contributed by atoms with E-state index < -0.39 is 10.0 Å². The van der Waals surface area contributed by atoms with Gasteiger partial charge < -0.3 is 10.1 Å². The average Bonchev–Trinajstić information content (AvgIpc) is 2.83. The summed E-state index contributed by atoms with van der Waals surface area (Å²) in [7, 11) is -3.73. The molecule has 1 aromatic heterocycles. The van der Waals surface area contributed by atoms with Crippen molar-refractivity contribution in [3.63, 3.8) is 0 Å². The van der Waals surface area contributed by atoms with Gasteiger partial charge in [0, 0.05) is 11.9 Å². The van der Waals surface area contributed by atoms with E-state index >= 15 is 0 Å². The number of rotatable bonds is 4. The zero-order valence-corrected chi connectivity index (χ0v) is 11.9. The van der Waals surface area contributed by atoms with Crippen molar-refractivity contribution in [1.29, 1.82) is 0 Å². The van der Waals surface area contributed by atoms with Gasteiger partial charge in [0.25, 0.3) is 10.0 Å². The first-order chi connectivity index (χ1) is 8.92. The van der Waals surface area contributed by atoms with Crippen LogP contribution in [0.3, 0.4) is 0 Å². The highest BCUT2D eigenvalue weighted by atomic mass is 35.5. The predicted molar refractivity (Wildman–Crippen MR) is 74.0 cm³/mol. The summed E-state index contributed by atoms with van der Waals surface area (Å²) in [6.07, 6.45) is 1.30. The molecule has 0 aliphatic heterocycles. The van der Waals surface area contributed by atoms with Crippen molar-refractivity contribution >= 4 is 38.9 Å². The summed E-state index contributed by atoms with van der Waals surface area (Å²) in [5, 5.41) is 9.49. The van der Waals surface area contributed by atoms with Gasteiger partial charge >= 0.3 is 0 Å². The maximum Gasteiger partial charge on any atom is 0.263 e. The van der Waals surface area contributed by atoms with Gasteiger partial charge in [-0.15, -0.1) is 0 Å². The molecule has 1 aromatic carbocycles. The van der Waals surface area contributed by atoms with Crippen LogP contribution in [0.5, 0.6) is 0 Å². The Balaban J connectivity index is 2.28. The van der Waals surface area contributed by atoms with Crippen LogP contribution in [0.25, 0.3) is 0 Å². The van der Waals surface area contributed by atoms with Crippen LogP contribution in [0, 0.1) is 0 Å². The normalized spacial score (nSPS) is 11.5. The molecular formula is C11H10Cl2N2O3S. The number of H-pyrrole nitrogens is 1. The van der Waals surface area contributed by atoms with Gasteiger partial charge in [-0.25, -0.2) is 8.42 Å². The Labute approximate surface area is 120 Å². The number of benzene rings is 1. The fourth-order valence-corrected chi connectivity index (χ4v) is 2.80. The predicted octanol–water partition coefficient (Wildman–Crippen LogP) is 2.61. The zero-order valence-electron chi connectivity index (χ0n) is 9.52. The van der Waals surface area contributed by atoms with Crippen LogP contribution in [0.4, 0.5) is 5.69 Å². The van der Waals surface area contributed by atoms with E-state index in [0.717, 1.165) is 0 Å². The molecule has 0 fully saturated rings. The van der Waals surface area contributed by atoms with Crippen LogP contribution in [0.15, 0.2) is 35.4 Å². The van der Waals surface area contributed by atoms with Gasteiger partial charge in [-0.1, -0.05) is 23.2 Å². The minimum atomic E-state index is -3.73. The molecule has 3 N–H and O–H groups in total. The summed E-state index contributed by atoms with van der Waals surface area (Å²) < 4.78 is 26.4. The third kappa shape index (κ3) is 3.22. The molecule has 0 aliphatic rings. The second-order valence-electron chi connectivity index (χ2n) is 3.75. The summed E-state index contributed by atoms with van der Waals surface area (Å²) >= 11 is 11.6. The summed E-state index contributed by atoms with van der Waals surface area (Å²) in [5.41, 5.74) is 0.718. The van der Waals surface area contributed by atoms with E-state index in [9.17, 15) is 8.42 Å². The summed E-state index contributed by atoms with van der Waals surface area (Å²) in [6, 6.07) is 5.77. The van der Waals surface area contributed by atoms with Gasteiger partial charge in [0.15, 0.2) is 0 Å². The van der Waals surface area contributed by atoms with Crippen molar-refractivity contribution in [2.24, 2.45) is 0 Å². The van der Waals surface area contributed by atoms with Crippen LogP contribution in [0.2, 0.25) is 10.0 Å². The van der Waals surface area contributed by atoms with Crippen molar-refractivity contribution in [2.45, 2.75) is 11.5 Å². The molecule has 1 heterocycles. The Kier molecular flexibility index (Phi) is 4.05. The molecule has 19 heavy (non-hydrogen) atoms. The van der Waals surface area contributed by atoms with Gasteiger partial charge in [0.1, 0.15) is 4.90 Å². The smallest absolute Gasteiger partial charge is 0.263 e. The Morgan fingerprint density at radius 2 is 1.95 bits per heavy atom. The highest BCUT2D eigenvalue weighted by Gasteiger charge is 2.16. The number of aromatic nitrogens is 1. The number of hydrogen-bond acceptors (Lipinski definition) is 3. The monoisotopic (exact) mass is 320 g/mol. The van der Waals surface area contributed by atoms with Crippen molar-refractivity contribution in [3.8, 4) is 0 Å². The number of aliphatic hydroxyl groups is 1. The first-order valence-electron chi connectivity index (χ1n) is 5.18. The van der Waals surface area contributed by atoms with Crippen LogP contribution >= 0.6 is 23.2 Å². The van der Waals surface area contributed by atoms with E-state index in [4.69, 9.17) is 28.3 Å². The van der Waals surface area contributed by atoms with E-state index in [0.29, 0.717) is 16.4 Å². The second kappa shape index (κ2) is 5.42. The minimum Gasteiger partial charge on any atom is -0.390 e. The molecule has 0 atom stereocenters. The third-order valence-corrected chi connectivity index (χ3v) is 4.47. The molecule has 0 unspecified atom stereocenters. The lowest BCUT2D eigenvalue weighted by Gasteiger charge is -2.07. The second-order valence-corrected chi connectivity index (χ2v) is 6.25. The molecule has 5 nitrogen and oxygen atoms in total. The highest BCUT2D eigenvalue weighted by molar-refractivity contribution is 7.92. The number of anilines is 1. The Bertz CT molecular complexity index is 698. The number of halogens is 2. The van der Waals surface area contributed by atoms with Crippen molar-refractivity contribution in [1.82, 2.24) is 4.98 Å². The molecule has 0 bridgehead atoms. The number of aliphatic hydroxyl groups excluding tert-OH is 1. The van der Waals surface area contributed by atoms with E-state index in [1.807, 2.05) is 0 Å². The van der Waals surface area contributed by atoms with Gasteiger partial charge in [0.2, 0.25) is 0 Å². The lowest BCUT2D eigenvalue weighted by atomic mass is 10.3. The van der Waals surface area contributed by atoms with Gasteiger partial charge in [-0.05, 0) is 24.3 Å². The van der Waals surface area contributed by atoms with Crippen LogP contribution in [0.1, 0.15) is 5.69 Å². The van der Waals surface area contributed by atoms with Crippen LogP contribution < -0.4 is 4.72 Å². The molecule has 0 saturated carbocycles. The Hall–Kier alpha value is -1.21. The summed E-state index contributed by atoms with van der Waals surface area (Å²) in [4.78, 5) is 2.68. The highest BCUT2D eigenvalue weighted by Crippen LogP contribution is 2.26. The van der Waals surface area contributed by atoms with Crippen molar-refractivity contribution in [2.75, 3.05) is 4.72 Å². The van der Waals surface area contributed by atoms with Crippen LogP contribution in [-0.2, 0) is 16.6 Å². The zero-order chi connectivity index (χ0) is 14.0. The van der Waals surface area contributed by atoms with E-state index in [-0.39, 0.29) is 16.5 Å². The maximum atomic E-state index is 12.0. The fourth-order valence-electron chi connectivity index (χ4n) is 1.44. The number of nitrogens with one attached hydrogen (secondary N) is 2. The first-order valence-corrected chi connectivity index (χ1v) is 7.42. The van der Waals surface area contributed by atoms with E-state index in [2.05, 4.69) is 9.71 Å². The molecule has 0 radical (unpaired) electrons. The SMILES string of the molecule is O=S(=O)(Nc1ccc(Cl)c(Cl)c1)c1c[nH]c(CO)c1. The van der Waals surface area contributed by atoms with Crippen molar-refractivity contribution < 1.29 is 13.5 Å². The lowest BCUT2D eigenvalue weighted by Crippen LogP contribution is -2.12. The number of aromatic amines is 1. The van der Waals surface area contributed by atoms with Gasteiger partial charge in [-0.2, -0.15) is 0 Å². The van der Waals surface area contributed by atoms with Gasteiger partial charge in [-0.3, -0.25) is 4.72 Å². The average molecular weight is 321 g/mol.